The number of aliphatic hydroxyl groups excluding tert-OH is 3. The third kappa shape index (κ3) is 14.8. The maximum atomic E-state index is 10.0. The van der Waals surface area contributed by atoms with Gasteiger partial charge in [0.1, 0.15) is 29.6 Å². The molecule has 35 heavy (non-hydrogen) atoms. The van der Waals surface area contributed by atoms with Crippen molar-refractivity contribution in [1.29, 1.82) is 0 Å². The van der Waals surface area contributed by atoms with E-state index in [9.17, 15) is 10.2 Å². The smallest absolute Gasteiger partial charge is 0.394 e. The molecule has 1 saturated heterocycles. The molecule has 1 aliphatic rings. The summed E-state index contributed by atoms with van der Waals surface area (Å²) in [6, 6.07) is 0. The van der Waals surface area contributed by atoms with E-state index in [1.165, 1.54) is 10.9 Å². The topological polar surface area (TPSA) is 376 Å². The number of imidazole rings is 1. The van der Waals surface area contributed by atoms with Crippen molar-refractivity contribution in [3.63, 3.8) is 0 Å². The van der Waals surface area contributed by atoms with Crippen molar-refractivity contribution < 1.29 is 77.8 Å². The standard InChI is InChI=1S/C10H13N5O4S.3H3O4P/c11-7-4-8(14-10(20)13-7)15(2-12-4)9-6(18)5(17)3(1-16)19-9;3*1-5(2,3)4/h2-3,5-6,9,16-18H,1H2,(H3,11,13,14,20);3*(H3,1,2,3,4)/t3-,5-,6-,9-;;;/m1.../s1. The lowest BCUT2D eigenvalue weighted by Crippen LogP contribution is -2.33. The molecule has 0 aromatic carbocycles. The van der Waals surface area contributed by atoms with Gasteiger partial charge in [0, 0.05) is 0 Å². The molecule has 2 aromatic rings. The van der Waals surface area contributed by atoms with Crippen LogP contribution in [0.4, 0.5) is 5.82 Å². The monoisotopic (exact) mass is 593 g/mol. The number of aliphatic hydroxyl groups is 3. The number of hydrogen-bond acceptors (Lipinski definition) is 11. The molecule has 0 unspecified atom stereocenters. The van der Waals surface area contributed by atoms with Gasteiger partial charge >= 0.3 is 23.5 Å². The van der Waals surface area contributed by atoms with Gasteiger partial charge in [0.25, 0.3) is 0 Å². The molecule has 2 aromatic heterocycles. The van der Waals surface area contributed by atoms with Gasteiger partial charge in [0.15, 0.2) is 16.6 Å². The molecule has 21 nitrogen and oxygen atoms in total. The molecule has 4 atom stereocenters. The minimum atomic E-state index is -4.64. The number of nitrogen functional groups attached to an aromatic ring is 1. The Hall–Kier alpha value is -1.26. The zero-order valence-corrected chi connectivity index (χ0v) is 20.3. The van der Waals surface area contributed by atoms with E-state index in [0.29, 0.717) is 11.2 Å². The van der Waals surface area contributed by atoms with Crippen LogP contribution in [0.1, 0.15) is 6.23 Å². The fourth-order valence-electron chi connectivity index (χ4n) is 2.25. The van der Waals surface area contributed by atoms with Crippen molar-refractivity contribution in [1.82, 2.24) is 19.5 Å². The highest BCUT2D eigenvalue weighted by molar-refractivity contribution is 7.71. The van der Waals surface area contributed by atoms with Crippen molar-refractivity contribution in [2.24, 2.45) is 0 Å². The summed E-state index contributed by atoms with van der Waals surface area (Å²) in [4.78, 5) is 75.5. The molecule has 204 valence electrons. The van der Waals surface area contributed by atoms with Gasteiger partial charge in [-0.1, -0.05) is 0 Å². The maximum absolute atomic E-state index is 10.0. The lowest BCUT2D eigenvalue weighted by Gasteiger charge is -2.16. The first-order valence-corrected chi connectivity index (χ1v) is 13.3. The minimum Gasteiger partial charge on any atom is -0.394 e. The van der Waals surface area contributed by atoms with Crippen LogP contribution in [0.3, 0.4) is 0 Å². The van der Waals surface area contributed by atoms with Crippen LogP contribution in [0.5, 0.6) is 0 Å². The van der Waals surface area contributed by atoms with E-state index in [0.717, 1.165) is 0 Å². The number of nitrogens with one attached hydrogen (secondary N) is 1. The Morgan fingerprint density at radius 2 is 1.40 bits per heavy atom. The summed E-state index contributed by atoms with van der Waals surface area (Å²) in [6.45, 7) is -0.406. The molecule has 15 N–H and O–H groups in total. The van der Waals surface area contributed by atoms with Crippen molar-refractivity contribution in [2.75, 3.05) is 12.3 Å². The molecular formula is C10H22N5O16P3S. The van der Waals surface area contributed by atoms with Gasteiger partial charge < -0.3 is 74.8 Å². The highest BCUT2D eigenvalue weighted by Crippen LogP contribution is 2.31. The third-order valence-corrected chi connectivity index (χ3v) is 3.46. The summed E-state index contributed by atoms with van der Waals surface area (Å²) in [6.07, 6.45) is -2.82. The normalized spacial score (nSPS) is 22.3. The Labute approximate surface area is 198 Å². The van der Waals surface area contributed by atoms with Crippen LogP contribution >= 0.6 is 35.7 Å². The molecule has 0 bridgehead atoms. The molecular weight excluding hydrogens is 571 g/mol. The third-order valence-electron chi connectivity index (χ3n) is 3.26. The van der Waals surface area contributed by atoms with Crippen molar-refractivity contribution >= 4 is 52.7 Å². The van der Waals surface area contributed by atoms with E-state index < -0.39 is 54.6 Å². The molecule has 0 aliphatic carbocycles. The average Bonchev–Trinajstić information content (AvgIpc) is 3.12. The van der Waals surface area contributed by atoms with Crippen LogP contribution in [0.15, 0.2) is 6.33 Å². The summed E-state index contributed by atoms with van der Waals surface area (Å²) in [5.74, 6) is 0.255. The fraction of sp³-hybridized carbons (Fsp3) is 0.500. The number of phosphoric acid groups is 3. The van der Waals surface area contributed by atoms with Gasteiger partial charge in [-0.05, 0) is 12.2 Å². The van der Waals surface area contributed by atoms with E-state index >= 15 is 0 Å². The number of H-pyrrole nitrogens is 1. The highest BCUT2D eigenvalue weighted by Gasteiger charge is 2.44. The van der Waals surface area contributed by atoms with Gasteiger partial charge in [0.2, 0.25) is 0 Å². The number of ether oxygens (including phenoxy) is 1. The lowest BCUT2D eigenvalue weighted by atomic mass is 10.1. The van der Waals surface area contributed by atoms with E-state index in [1.807, 2.05) is 0 Å². The quantitative estimate of drug-likeness (QED) is 0.116. The highest BCUT2D eigenvalue weighted by atomic mass is 32.1. The van der Waals surface area contributed by atoms with Gasteiger partial charge in [-0.2, -0.15) is 4.98 Å². The molecule has 0 saturated carbocycles. The van der Waals surface area contributed by atoms with Crippen LogP contribution < -0.4 is 5.73 Å². The van der Waals surface area contributed by atoms with Crippen LogP contribution in [-0.2, 0) is 18.4 Å². The van der Waals surface area contributed by atoms with Crippen LogP contribution in [0.2, 0.25) is 0 Å². The largest absolute Gasteiger partial charge is 0.466 e. The van der Waals surface area contributed by atoms with E-state index in [-0.39, 0.29) is 10.6 Å². The van der Waals surface area contributed by atoms with E-state index in [1.54, 1.807) is 0 Å². The second-order valence-corrected chi connectivity index (χ2v) is 9.51. The second-order valence-electron chi connectivity index (χ2n) is 6.05. The SMILES string of the molecule is Nc1[nH]c(=S)nc2c1ncn2[C@@H]1O[C@H](CO)[C@@H](O)[C@H]1O.O=P(O)(O)O.O=P(O)(O)O.O=P(O)(O)O. The number of aromatic amines is 1. The summed E-state index contributed by atoms with van der Waals surface area (Å²) < 4.78 is 33.7. The van der Waals surface area contributed by atoms with Gasteiger partial charge in [-0.3, -0.25) is 4.57 Å². The first kappa shape index (κ1) is 33.7. The second kappa shape index (κ2) is 13.3. The van der Waals surface area contributed by atoms with Gasteiger partial charge in [-0.15, -0.1) is 0 Å². The predicted molar refractivity (Wildman–Crippen MR) is 113 cm³/mol. The molecule has 1 aliphatic heterocycles. The van der Waals surface area contributed by atoms with E-state index in [4.69, 9.17) is 85.5 Å². The van der Waals surface area contributed by atoms with E-state index in [2.05, 4.69) is 15.0 Å². The molecule has 3 rings (SSSR count). The number of aromatic nitrogens is 4. The molecule has 25 heteroatoms. The summed E-state index contributed by atoms with van der Waals surface area (Å²) in [7, 11) is -13.9. The van der Waals surface area contributed by atoms with Crippen molar-refractivity contribution in [3.05, 3.63) is 11.1 Å². The molecule has 0 amide bonds. The number of hydrogen-bond donors (Lipinski definition) is 14. The number of nitrogens with zero attached hydrogens (tertiary/aromatic N) is 3. The summed E-state index contributed by atoms with van der Waals surface area (Å²) >= 11 is 4.95. The first-order chi connectivity index (χ1) is 15.5. The summed E-state index contributed by atoms with van der Waals surface area (Å²) in [5, 5.41) is 28.9. The number of fused-ring (bicyclic) bond motifs is 1. The lowest BCUT2D eigenvalue weighted by molar-refractivity contribution is -0.0511. The summed E-state index contributed by atoms with van der Waals surface area (Å²) in [5.41, 5.74) is 6.47. The number of anilines is 1. The van der Waals surface area contributed by atoms with Crippen LogP contribution in [0.25, 0.3) is 11.2 Å². The van der Waals surface area contributed by atoms with Gasteiger partial charge in [-0.25, -0.2) is 18.7 Å². The molecule has 3 heterocycles. The number of rotatable bonds is 2. The zero-order valence-electron chi connectivity index (χ0n) is 16.8. The fourth-order valence-corrected chi connectivity index (χ4v) is 2.45. The Balaban J connectivity index is 0.000000635. The molecule has 0 radical (unpaired) electrons. The van der Waals surface area contributed by atoms with Gasteiger partial charge in [0.05, 0.1) is 12.9 Å². The molecule has 1 fully saturated rings. The Morgan fingerprint density at radius 1 is 0.971 bits per heavy atom. The van der Waals surface area contributed by atoms with Crippen molar-refractivity contribution in [3.8, 4) is 0 Å². The first-order valence-electron chi connectivity index (χ1n) is 8.22. The maximum Gasteiger partial charge on any atom is 0.466 e. The minimum absolute atomic E-state index is 0.170. The van der Waals surface area contributed by atoms with Crippen LogP contribution in [0, 0.1) is 4.77 Å². The van der Waals surface area contributed by atoms with Crippen LogP contribution in [-0.4, -0.2) is 104 Å². The Bertz CT molecular complexity index is 1080. The number of nitrogens with two attached hydrogens (primary N) is 1. The Morgan fingerprint density at radius 3 is 1.77 bits per heavy atom. The Kier molecular flexibility index (Phi) is 12.9. The predicted octanol–water partition coefficient (Wildman–Crippen LogP) is -4.10. The van der Waals surface area contributed by atoms with Crippen molar-refractivity contribution in [2.45, 2.75) is 24.5 Å². The molecule has 0 spiro atoms. The average molecular weight is 593 g/mol. The zero-order chi connectivity index (χ0) is 27.9.